The van der Waals surface area contributed by atoms with E-state index in [9.17, 15) is 14.4 Å². The maximum absolute atomic E-state index is 13.0. The summed E-state index contributed by atoms with van der Waals surface area (Å²) in [6.07, 6.45) is 3.23. The monoisotopic (exact) mass is 552 g/mol. The number of rotatable bonds is 18. The van der Waals surface area contributed by atoms with Gasteiger partial charge in [0.15, 0.2) is 0 Å². The number of hydrogen-bond donors (Lipinski definition) is 3. The van der Waals surface area contributed by atoms with E-state index in [0.717, 1.165) is 36.1 Å². The molecule has 3 amide bonds. The lowest BCUT2D eigenvalue weighted by Gasteiger charge is -2.31. The normalized spacial score (nSPS) is 14.1. The number of nitrogens with one attached hydrogen (secondary N) is 3. The van der Waals surface area contributed by atoms with Gasteiger partial charge in [-0.15, -0.1) is 0 Å². The van der Waals surface area contributed by atoms with Gasteiger partial charge in [0.1, 0.15) is 17.9 Å². The first-order valence-corrected chi connectivity index (χ1v) is 14.4. The molecule has 8 heteroatoms. The molecule has 3 N–H and O–H groups in total. The molecular formula is C32H48N4O4. The molecule has 220 valence electrons. The second kappa shape index (κ2) is 17.3. The van der Waals surface area contributed by atoms with E-state index < -0.39 is 6.04 Å². The Hall–Kier alpha value is -3.39. The number of hydrogen-bond acceptors (Lipinski definition) is 5. The molecule has 0 aliphatic carbocycles. The quantitative estimate of drug-likeness (QED) is 0.193. The van der Waals surface area contributed by atoms with Gasteiger partial charge in [-0.25, -0.2) is 0 Å². The third-order valence-electron chi connectivity index (χ3n) is 7.32. The van der Waals surface area contributed by atoms with Gasteiger partial charge in [0.2, 0.25) is 18.2 Å². The number of carbonyl (C=O) groups excluding carboxylic acids is 3. The van der Waals surface area contributed by atoms with E-state index in [4.69, 9.17) is 4.74 Å². The van der Waals surface area contributed by atoms with Crippen molar-refractivity contribution < 1.29 is 19.1 Å². The van der Waals surface area contributed by atoms with Crippen molar-refractivity contribution in [1.29, 1.82) is 0 Å². The Morgan fingerprint density at radius 3 is 2.33 bits per heavy atom. The SMILES string of the molecule is CC[C@@H](C)[C@H](NC[C@@H](C)Oc1ccccc1CCCNC(=O)[C@@H](Cc1ccccc1)NC=O)C(=O)N(C)C(C)C. The Morgan fingerprint density at radius 2 is 1.68 bits per heavy atom. The van der Waals surface area contributed by atoms with Crippen molar-refractivity contribution in [2.75, 3.05) is 20.1 Å². The average Bonchev–Trinajstić information content (AvgIpc) is 2.95. The molecule has 0 aliphatic heterocycles. The van der Waals surface area contributed by atoms with Crippen LogP contribution in [0.4, 0.5) is 0 Å². The number of ether oxygens (including phenoxy) is 1. The molecule has 0 spiro atoms. The largest absolute Gasteiger partial charge is 0.489 e. The average molecular weight is 553 g/mol. The lowest BCUT2D eigenvalue weighted by atomic mass is 9.97. The van der Waals surface area contributed by atoms with E-state index in [-0.39, 0.29) is 35.9 Å². The number of nitrogens with zero attached hydrogens (tertiary/aromatic N) is 1. The van der Waals surface area contributed by atoms with Crippen molar-refractivity contribution in [2.24, 2.45) is 5.92 Å². The second-order valence-corrected chi connectivity index (χ2v) is 10.8. The van der Waals surface area contributed by atoms with Crippen LogP contribution >= 0.6 is 0 Å². The zero-order valence-corrected chi connectivity index (χ0v) is 25.0. The van der Waals surface area contributed by atoms with Crippen molar-refractivity contribution in [3.05, 3.63) is 65.7 Å². The van der Waals surface area contributed by atoms with Gasteiger partial charge in [-0.2, -0.15) is 0 Å². The summed E-state index contributed by atoms with van der Waals surface area (Å²) in [5, 5.41) is 9.03. The molecule has 2 aromatic carbocycles. The minimum atomic E-state index is -0.615. The third kappa shape index (κ3) is 10.6. The van der Waals surface area contributed by atoms with E-state index >= 15 is 0 Å². The van der Waals surface area contributed by atoms with Gasteiger partial charge in [0, 0.05) is 32.6 Å². The number of para-hydroxylation sites is 1. The van der Waals surface area contributed by atoms with Crippen molar-refractivity contribution in [3.63, 3.8) is 0 Å². The first-order chi connectivity index (χ1) is 19.2. The lowest BCUT2D eigenvalue weighted by molar-refractivity contribution is -0.135. The van der Waals surface area contributed by atoms with Crippen LogP contribution in [0.25, 0.3) is 0 Å². The third-order valence-corrected chi connectivity index (χ3v) is 7.32. The predicted molar refractivity (Wildman–Crippen MR) is 160 cm³/mol. The van der Waals surface area contributed by atoms with Crippen LogP contribution < -0.4 is 20.7 Å². The molecule has 4 atom stereocenters. The molecule has 2 rings (SSSR count). The fraction of sp³-hybridized carbons (Fsp3) is 0.531. The predicted octanol–water partition coefficient (Wildman–Crippen LogP) is 3.73. The molecule has 40 heavy (non-hydrogen) atoms. The summed E-state index contributed by atoms with van der Waals surface area (Å²) < 4.78 is 6.29. The highest BCUT2D eigenvalue weighted by Crippen LogP contribution is 2.21. The summed E-state index contributed by atoms with van der Waals surface area (Å²) in [6.45, 7) is 11.3. The van der Waals surface area contributed by atoms with Crippen molar-refractivity contribution >= 4 is 18.2 Å². The molecule has 0 saturated heterocycles. The van der Waals surface area contributed by atoms with E-state index in [1.807, 2.05) is 82.4 Å². The number of amides is 3. The molecule has 0 heterocycles. The van der Waals surface area contributed by atoms with Crippen LogP contribution in [0.5, 0.6) is 5.75 Å². The summed E-state index contributed by atoms with van der Waals surface area (Å²) in [7, 11) is 1.85. The van der Waals surface area contributed by atoms with Crippen molar-refractivity contribution in [2.45, 2.75) is 84.5 Å². The minimum absolute atomic E-state index is 0.105. The van der Waals surface area contributed by atoms with Crippen LogP contribution in [-0.2, 0) is 27.2 Å². The summed E-state index contributed by atoms with van der Waals surface area (Å²) in [6, 6.07) is 16.8. The lowest BCUT2D eigenvalue weighted by Crippen LogP contribution is -2.52. The first kappa shape index (κ1) is 32.8. The highest BCUT2D eigenvalue weighted by molar-refractivity contribution is 5.84. The van der Waals surface area contributed by atoms with Crippen LogP contribution in [0.1, 0.15) is 58.6 Å². The number of benzene rings is 2. The van der Waals surface area contributed by atoms with Gasteiger partial charge < -0.3 is 25.6 Å². The highest BCUT2D eigenvalue weighted by Gasteiger charge is 2.28. The minimum Gasteiger partial charge on any atom is -0.489 e. The van der Waals surface area contributed by atoms with Gasteiger partial charge in [-0.3, -0.25) is 14.4 Å². The molecule has 8 nitrogen and oxygen atoms in total. The first-order valence-electron chi connectivity index (χ1n) is 14.4. The van der Waals surface area contributed by atoms with E-state index in [1.54, 1.807) is 4.90 Å². The summed E-state index contributed by atoms with van der Waals surface area (Å²) in [4.78, 5) is 38.6. The molecule has 2 aromatic rings. The van der Waals surface area contributed by atoms with E-state index in [2.05, 4.69) is 29.8 Å². The van der Waals surface area contributed by atoms with Crippen LogP contribution in [-0.4, -0.2) is 67.5 Å². The zero-order valence-electron chi connectivity index (χ0n) is 25.0. The number of carbonyl (C=O) groups is 3. The van der Waals surface area contributed by atoms with E-state index in [1.165, 1.54) is 0 Å². The molecule has 0 unspecified atom stereocenters. The number of likely N-dealkylation sites (N-methyl/N-ethyl adjacent to an activating group) is 1. The maximum atomic E-state index is 13.0. The summed E-state index contributed by atoms with van der Waals surface area (Å²) in [5.74, 6) is 0.915. The topological polar surface area (TPSA) is 99.8 Å². The summed E-state index contributed by atoms with van der Waals surface area (Å²) in [5.41, 5.74) is 2.04. The van der Waals surface area contributed by atoms with Crippen molar-refractivity contribution in [1.82, 2.24) is 20.9 Å². The highest BCUT2D eigenvalue weighted by atomic mass is 16.5. The Balaban J connectivity index is 1.89. The molecule has 0 radical (unpaired) electrons. The zero-order chi connectivity index (χ0) is 29.5. The summed E-state index contributed by atoms with van der Waals surface area (Å²) >= 11 is 0. The van der Waals surface area contributed by atoms with Gasteiger partial charge in [0.25, 0.3) is 0 Å². The molecule has 0 saturated carbocycles. The van der Waals surface area contributed by atoms with Crippen LogP contribution in [0.3, 0.4) is 0 Å². The fourth-order valence-electron chi connectivity index (χ4n) is 4.39. The van der Waals surface area contributed by atoms with Crippen LogP contribution in [0, 0.1) is 5.92 Å². The van der Waals surface area contributed by atoms with Crippen LogP contribution in [0.15, 0.2) is 54.6 Å². The Morgan fingerprint density at radius 1 is 1.00 bits per heavy atom. The molecule has 0 fully saturated rings. The Bertz CT molecular complexity index is 1050. The molecular weight excluding hydrogens is 504 g/mol. The second-order valence-electron chi connectivity index (χ2n) is 10.8. The number of aryl methyl sites for hydroxylation is 1. The maximum Gasteiger partial charge on any atom is 0.242 e. The molecule has 0 aromatic heterocycles. The van der Waals surface area contributed by atoms with Gasteiger partial charge in [0.05, 0.1) is 6.04 Å². The van der Waals surface area contributed by atoms with Gasteiger partial charge in [-0.1, -0.05) is 68.8 Å². The van der Waals surface area contributed by atoms with Gasteiger partial charge in [-0.05, 0) is 56.7 Å². The Kier molecular flexibility index (Phi) is 14.2. The fourth-order valence-corrected chi connectivity index (χ4v) is 4.39. The molecule has 0 bridgehead atoms. The smallest absolute Gasteiger partial charge is 0.242 e. The molecule has 0 aliphatic rings. The van der Waals surface area contributed by atoms with Crippen LogP contribution in [0.2, 0.25) is 0 Å². The standard InChI is InChI=1S/C32H48N4O4/c1-7-24(4)30(32(39)36(6)23(2)3)34-21-25(5)40-29-18-12-11-16-27(29)17-13-19-33-31(38)28(35-22-37)20-26-14-9-8-10-15-26/h8-12,14-16,18,22-25,28,30,34H,7,13,17,19-21H2,1-6H3,(H,33,38)(H,35,37)/t24-,25-,28-,30+/m1/s1. The Labute approximate surface area is 240 Å². The van der Waals surface area contributed by atoms with Gasteiger partial charge >= 0.3 is 0 Å². The van der Waals surface area contributed by atoms with E-state index in [0.29, 0.717) is 25.9 Å². The van der Waals surface area contributed by atoms with Crippen molar-refractivity contribution in [3.8, 4) is 5.75 Å².